The van der Waals surface area contributed by atoms with Crippen molar-refractivity contribution in [3.63, 3.8) is 0 Å². The molecular formula is C11H20N4O2. The molecule has 0 aliphatic rings. The van der Waals surface area contributed by atoms with Crippen molar-refractivity contribution in [2.75, 3.05) is 12.3 Å². The Kier molecular flexibility index (Phi) is 4.96. The van der Waals surface area contributed by atoms with Crippen molar-refractivity contribution in [1.82, 2.24) is 15.5 Å². The fourth-order valence-electron chi connectivity index (χ4n) is 1.53. The number of amides is 1. The summed E-state index contributed by atoms with van der Waals surface area (Å²) in [5.74, 6) is -0.345. The molecule has 1 aromatic rings. The Balaban J connectivity index is 2.75. The fraction of sp³-hybridized carbons (Fsp3) is 0.636. The Bertz CT molecular complexity index is 372. The van der Waals surface area contributed by atoms with Crippen LogP contribution in [-0.2, 0) is 6.42 Å². The first-order chi connectivity index (χ1) is 8.13. The van der Waals surface area contributed by atoms with Crippen molar-refractivity contribution in [3.05, 3.63) is 11.4 Å². The van der Waals surface area contributed by atoms with Gasteiger partial charge in [-0.05, 0) is 12.8 Å². The third kappa shape index (κ3) is 3.20. The van der Waals surface area contributed by atoms with E-state index in [9.17, 15) is 4.79 Å². The minimum Gasteiger partial charge on any atom is -0.395 e. The first-order valence-electron chi connectivity index (χ1n) is 5.88. The molecule has 1 heterocycles. The molecule has 0 radical (unpaired) electrons. The normalized spacial score (nSPS) is 12.4. The second kappa shape index (κ2) is 6.24. The number of anilines is 1. The minimum atomic E-state index is -0.345. The maximum absolute atomic E-state index is 11.8. The van der Waals surface area contributed by atoms with Gasteiger partial charge in [0.25, 0.3) is 5.91 Å². The van der Waals surface area contributed by atoms with Gasteiger partial charge in [-0.1, -0.05) is 20.3 Å². The largest absolute Gasteiger partial charge is 0.395 e. The van der Waals surface area contributed by atoms with Gasteiger partial charge in [0.1, 0.15) is 0 Å². The molecular weight excluding hydrogens is 220 g/mol. The zero-order valence-corrected chi connectivity index (χ0v) is 10.3. The van der Waals surface area contributed by atoms with Gasteiger partial charge in [0, 0.05) is 0 Å². The maximum Gasteiger partial charge on any atom is 0.274 e. The van der Waals surface area contributed by atoms with Gasteiger partial charge in [-0.2, -0.15) is 5.10 Å². The van der Waals surface area contributed by atoms with Crippen LogP contribution in [0, 0.1) is 0 Å². The Morgan fingerprint density at radius 3 is 2.82 bits per heavy atom. The lowest BCUT2D eigenvalue weighted by Crippen LogP contribution is -2.37. The van der Waals surface area contributed by atoms with Crippen molar-refractivity contribution in [2.24, 2.45) is 0 Å². The molecule has 0 aliphatic heterocycles. The van der Waals surface area contributed by atoms with E-state index in [4.69, 9.17) is 10.8 Å². The third-order valence-electron chi connectivity index (χ3n) is 2.65. The lowest BCUT2D eigenvalue weighted by atomic mass is 10.2. The summed E-state index contributed by atoms with van der Waals surface area (Å²) < 4.78 is 0. The summed E-state index contributed by atoms with van der Waals surface area (Å²) in [6.45, 7) is 3.82. The van der Waals surface area contributed by atoms with E-state index in [0.29, 0.717) is 12.1 Å². The first-order valence-corrected chi connectivity index (χ1v) is 5.88. The van der Waals surface area contributed by atoms with Crippen molar-refractivity contribution < 1.29 is 9.90 Å². The van der Waals surface area contributed by atoms with Gasteiger partial charge in [0.15, 0.2) is 5.69 Å². The van der Waals surface area contributed by atoms with Crippen LogP contribution in [-0.4, -0.2) is 33.9 Å². The van der Waals surface area contributed by atoms with Crippen LogP contribution in [0.25, 0.3) is 0 Å². The predicted octanol–water partition coefficient (Wildman–Crippen LogP) is 0.445. The van der Waals surface area contributed by atoms with Gasteiger partial charge < -0.3 is 16.2 Å². The number of aliphatic hydroxyl groups is 1. The lowest BCUT2D eigenvalue weighted by molar-refractivity contribution is 0.0910. The number of aromatic amines is 1. The number of aliphatic hydroxyl groups excluding tert-OH is 1. The summed E-state index contributed by atoms with van der Waals surface area (Å²) >= 11 is 0. The van der Waals surface area contributed by atoms with E-state index >= 15 is 0 Å². The monoisotopic (exact) mass is 240 g/mol. The van der Waals surface area contributed by atoms with E-state index in [1.807, 2.05) is 13.8 Å². The molecule has 17 heavy (non-hydrogen) atoms. The summed E-state index contributed by atoms with van der Waals surface area (Å²) in [4.78, 5) is 11.8. The number of H-pyrrole nitrogens is 1. The Morgan fingerprint density at radius 1 is 1.59 bits per heavy atom. The number of carbonyl (C=O) groups is 1. The number of nitrogen functional groups attached to an aromatic ring is 1. The third-order valence-corrected chi connectivity index (χ3v) is 2.65. The van der Waals surface area contributed by atoms with Crippen LogP contribution in [0.1, 0.15) is 42.9 Å². The minimum absolute atomic E-state index is 0.0889. The maximum atomic E-state index is 11.8. The van der Waals surface area contributed by atoms with Gasteiger partial charge in [-0.15, -0.1) is 0 Å². The number of nitrogens with zero attached hydrogens (tertiary/aromatic N) is 1. The van der Waals surface area contributed by atoms with E-state index in [-0.39, 0.29) is 24.2 Å². The smallest absolute Gasteiger partial charge is 0.274 e. The average molecular weight is 240 g/mol. The summed E-state index contributed by atoms with van der Waals surface area (Å²) in [6, 6.07) is -0.256. The number of rotatable bonds is 6. The second-order valence-corrected chi connectivity index (χ2v) is 3.98. The quantitative estimate of drug-likeness (QED) is 0.579. The molecule has 6 heteroatoms. The zero-order valence-electron chi connectivity index (χ0n) is 10.3. The Labute approximate surface area is 101 Å². The van der Waals surface area contributed by atoms with Gasteiger partial charge in [0.05, 0.1) is 24.0 Å². The van der Waals surface area contributed by atoms with Crippen LogP contribution in [0.5, 0.6) is 0 Å². The number of aromatic nitrogens is 2. The molecule has 0 fully saturated rings. The highest BCUT2D eigenvalue weighted by Gasteiger charge is 2.18. The van der Waals surface area contributed by atoms with Crippen molar-refractivity contribution >= 4 is 11.6 Å². The molecule has 0 aliphatic carbocycles. The molecule has 0 saturated heterocycles. The molecule has 1 atom stereocenters. The lowest BCUT2D eigenvalue weighted by Gasteiger charge is -2.12. The van der Waals surface area contributed by atoms with Crippen molar-refractivity contribution in [3.8, 4) is 0 Å². The van der Waals surface area contributed by atoms with E-state index in [0.717, 1.165) is 18.5 Å². The molecule has 1 rings (SSSR count). The zero-order chi connectivity index (χ0) is 12.8. The van der Waals surface area contributed by atoms with Gasteiger partial charge in [-0.25, -0.2) is 0 Å². The molecule has 1 amide bonds. The molecule has 0 bridgehead atoms. The molecule has 0 aromatic carbocycles. The topological polar surface area (TPSA) is 104 Å². The summed E-state index contributed by atoms with van der Waals surface area (Å²) in [5.41, 5.74) is 7.23. The molecule has 0 saturated carbocycles. The van der Waals surface area contributed by atoms with Crippen LogP contribution in [0.2, 0.25) is 0 Å². The van der Waals surface area contributed by atoms with Crippen LogP contribution >= 0.6 is 0 Å². The second-order valence-electron chi connectivity index (χ2n) is 3.98. The summed E-state index contributed by atoms with van der Waals surface area (Å²) in [6.07, 6.45) is 2.36. The van der Waals surface area contributed by atoms with Gasteiger partial charge in [-0.3, -0.25) is 9.89 Å². The van der Waals surface area contributed by atoms with E-state index in [2.05, 4.69) is 15.5 Å². The molecule has 5 N–H and O–H groups in total. The SMILES string of the molecule is CCCc1[nH]nc(C(=O)N[C@H](CC)CO)c1N. The number of hydrogen-bond donors (Lipinski definition) is 4. The Morgan fingerprint density at radius 2 is 2.29 bits per heavy atom. The number of hydrogen-bond acceptors (Lipinski definition) is 4. The number of nitrogens with two attached hydrogens (primary N) is 1. The van der Waals surface area contributed by atoms with Crippen molar-refractivity contribution in [1.29, 1.82) is 0 Å². The Hall–Kier alpha value is -1.56. The highest BCUT2D eigenvalue weighted by Crippen LogP contribution is 2.15. The van der Waals surface area contributed by atoms with Crippen LogP contribution < -0.4 is 11.1 Å². The fourth-order valence-corrected chi connectivity index (χ4v) is 1.53. The number of aryl methyl sites for hydroxylation is 1. The van der Waals surface area contributed by atoms with E-state index in [1.54, 1.807) is 0 Å². The van der Waals surface area contributed by atoms with E-state index < -0.39 is 0 Å². The van der Waals surface area contributed by atoms with Crippen LogP contribution in [0.4, 0.5) is 5.69 Å². The number of nitrogens with one attached hydrogen (secondary N) is 2. The number of carbonyl (C=O) groups excluding carboxylic acids is 1. The molecule has 0 spiro atoms. The van der Waals surface area contributed by atoms with Gasteiger partial charge >= 0.3 is 0 Å². The summed E-state index contributed by atoms with van der Waals surface area (Å²) in [7, 11) is 0. The van der Waals surface area contributed by atoms with Gasteiger partial charge in [0.2, 0.25) is 0 Å². The highest BCUT2D eigenvalue weighted by molar-refractivity contribution is 5.97. The molecule has 0 unspecified atom stereocenters. The molecule has 6 nitrogen and oxygen atoms in total. The molecule has 96 valence electrons. The van der Waals surface area contributed by atoms with Crippen molar-refractivity contribution in [2.45, 2.75) is 39.2 Å². The summed E-state index contributed by atoms with van der Waals surface area (Å²) in [5, 5.41) is 18.4. The molecule has 1 aromatic heterocycles. The van der Waals surface area contributed by atoms with E-state index in [1.165, 1.54) is 0 Å². The van der Waals surface area contributed by atoms with Crippen LogP contribution in [0.3, 0.4) is 0 Å². The first kappa shape index (κ1) is 13.5. The van der Waals surface area contributed by atoms with Crippen LogP contribution in [0.15, 0.2) is 0 Å². The highest BCUT2D eigenvalue weighted by atomic mass is 16.3. The predicted molar refractivity (Wildman–Crippen MR) is 65.6 cm³/mol. The standard InChI is InChI=1S/C11H20N4O2/c1-3-5-8-9(12)10(15-14-8)11(17)13-7(4-2)6-16/h7,16H,3-6,12H2,1-2H3,(H,13,17)(H,14,15)/t7-/m1/s1. The average Bonchev–Trinajstić information content (AvgIpc) is 2.68.